The standard InChI is InChI=1S/C8H13ClN4S/c9-8-7(11-12-14-8)5-13-3-1-6(10)2-4-13/h6H,1-5,10H2. The minimum absolute atomic E-state index is 0.371. The van der Waals surface area contributed by atoms with Gasteiger partial charge in [-0.2, -0.15) is 0 Å². The van der Waals surface area contributed by atoms with Crippen LogP contribution in [0.15, 0.2) is 0 Å². The number of halogens is 1. The molecule has 1 aromatic heterocycles. The highest BCUT2D eigenvalue weighted by molar-refractivity contribution is 7.10. The molecule has 2 N–H and O–H groups in total. The van der Waals surface area contributed by atoms with Gasteiger partial charge in [0.2, 0.25) is 0 Å². The van der Waals surface area contributed by atoms with E-state index in [-0.39, 0.29) is 0 Å². The van der Waals surface area contributed by atoms with Gasteiger partial charge in [0, 0.05) is 37.2 Å². The topological polar surface area (TPSA) is 55.0 Å². The minimum Gasteiger partial charge on any atom is -0.328 e. The molecule has 1 aromatic rings. The second-order valence-electron chi connectivity index (χ2n) is 3.61. The Morgan fingerprint density at radius 2 is 2.21 bits per heavy atom. The van der Waals surface area contributed by atoms with Crippen LogP contribution < -0.4 is 5.73 Å². The van der Waals surface area contributed by atoms with Crippen LogP contribution in [-0.4, -0.2) is 33.6 Å². The first kappa shape index (κ1) is 10.3. The number of piperidine rings is 1. The summed E-state index contributed by atoms with van der Waals surface area (Å²) in [6.07, 6.45) is 2.13. The highest BCUT2D eigenvalue weighted by Crippen LogP contribution is 2.20. The first-order chi connectivity index (χ1) is 6.75. The summed E-state index contributed by atoms with van der Waals surface area (Å²) in [4.78, 5) is 2.33. The van der Waals surface area contributed by atoms with Crippen LogP contribution in [0, 0.1) is 0 Å². The molecule has 1 saturated heterocycles. The van der Waals surface area contributed by atoms with Crippen molar-refractivity contribution in [1.29, 1.82) is 0 Å². The summed E-state index contributed by atoms with van der Waals surface area (Å²) in [6, 6.07) is 0.371. The summed E-state index contributed by atoms with van der Waals surface area (Å²) in [6.45, 7) is 2.88. The fourth-order valence-corrected chi connectivity index (χ4v) is 2.23. The highest BCUT2D eigenvalue weighted by atomic mass is 35.5. The summed E-state index contributed by atoms with van der Waals surface area (Å²) in [5.74, 6) is 0. The van der Waals surface area contributed by atoms with Crippen molar-refractivity contribution in [2.75, 3.05) is 13.1 Å². The zero-order valence-electron chi connectivity index (χ0n) is 7.82. The van der Waals surface area contributed by atoms with Crippen LogP contribution in [0.1, 0.15) is 18.5 Å². The monoisotopic (exact) mass is 232 g/mol. The Morgan fingerprint density at radius 1 is 1.50 bits per heavy atom. The van der Waals surface area contributed by atoms with Crippen LogP contribution in [0.25, 0.3) is 0 Å². The van der Waals surface area contributed by atoms with Gasteiger partial charge < -0.3 is 5.73 Å². The molecule has 0 atom stereocenters. The van der Waals surface area contributed by atoms with Crippen LogP contribution in [0.4, 0.5) is 0 Å². The van der Waals surface area contributed by atoms with E-state index in [1.165, 1.54) is 11.5 Å². The Bertz CT molecular complexity index is 295. The van der Waals surface area contributed by atoms with Gasteiger partial charge in [0.05, 0.1) is 0 Å². The lowest BCUT2D eigenvalue weighted by atomic mass is 10.1. The maximum absolute atomic E-state index is 5.93. The van der Waals surface area contributed by atoms with Gasteiger partial charge in [0.25, 0.3) is 0 Å². The summed E-state index contributed by atoms with van der Waals surface area (Å²) in [5, 5.41) is 3.99. The molecule has 78 valence electrons. The molecule has 0 spiro atoms. The molecule has 4 nitrogen and oxygen atoms in total. The molecule has 0 unspecified atom stereocenters. The second-order valence-corrected chi connectivity index (χ2v) is 4.96. The molecule has 2 rings (SSSR count). The number of likely N-dealkylation sites (tertiary alicyclic amines) is 1. The van der Waals surface area contributed by atoms with Crippen molar-refractivity contribution >= 4 is 23.1 Å². The van der Waals surface area contributed by atoms with Crippen molar-refractivity contribution in [3.05, 3.63) is 10.0 Å². The smallest absolute Gasteiger partial charge is 0.138 e. The van der Waals surface area contributed by atoms with E-state index < -0.39 is 0 Å². The van der Waals surface area contributed by atoms with E-state index in [2.05, 4.69) is 14.5 Å². The zero-order chi connectivity index (χ0) is 9.97. The third kappa shape index (κ3) is 2.42. The first-order valence-electron chi connectivity index (χ1n) is 4.70. The minimum atomic E-state index is 0.371. The van der Waals surface area contributed by atoms with Gasteiger partial charge in [-0.1, -0.05) is 16.1 Å². The first-order valence-corrected chi connectivity index (χ1v) is 5.85. The van der Waals surface area contributed by atoms with Crippen molar-refractivity contribution < 1.29 is 0 Å². The van der Waals surface area contributed by atoms with E-state index >= 15 is 0 Å². The molecule has 1 aliphatic heterocycles. The Morgan fingerprint density at radius 3 is 2.79 bits per heavy atom. The van der Waals surface area contributed by atoms with E-state index in [0.717, 1.165) is 38.2 Å². The van der Waals surface area contributed by atoms with E-state index in [9.17, 15) is 0 Å². The quantitative estimate of drug-likeness (QED) is 0.830. The Kier molecular flexibility index (Phi) is 3.33. The van der Waals surface area contributed by atoms with Crippen LogP contribution in [0.2, 0.25) is 4.34 Å². The molecule has 1 aliphatic rings. The van der Waals surface area contributed by atoms with E-state index in [0.29, 0.717) is 10.4 Å². The molecular formula is C8H13ClN4S. The molecular weight excluding hydrogens is 220 g/mol. The van der Waals surface area contributed by atoms with Crippen LogP contribution in [0.5, 0.6) is 0 Å². The molecule has 14 heavy (non-hydrogen) atoms. The lowest BCUT2D eigenvalue weighted by Gasteiger charge is -2.29. The third-order valence-electron chi connectivity index (χ3n) is 2.52. The number of rotatable bonds is 2. The van der Waals surface area contributed by atoms with Crippen molar-refractivity contribution in [2.24, 2.45) is 5.73 Å². The molecule has 0 bridgehead atoms. The molecule has 0 amide bonds. The van der Waals surface area contributed by atoms with Gasteiger partial charge in [-0.05, 0) is 12.8 Å². The van der Waals surface area contributed by atoms with Crippen molar-refractivity contribution in [1.82, 2.24) is 14.5 Å². The molecule has 6 heteroatoms. The van der Waals surface area contributed by atoms with Gasteiger partial charge in [0.15, 0.2) is 0 Å². The highest BCUT2D eigenvalue weighted by Gasteiger charge is 2.18. The van der Waals surface area contributed by atoms with Gasteiger partial charge in [-0.3, -0.25) is 4.90 Å². The number of nitrogens with zero attached hydrogens (tertiary/aromatic N) is 3. The Balaban J connectivity index is 1.89. The predicted molar refractivity (Wildman–Crippen MR) is 57.4 cm³/mol. The maximum atomic E-state index is 5.93. The van der Waals surface area contributed by atoms with Gasteiger partial charge in [-0.25, -0.2) is 0 Å². The Labute approximate surface area is 92.2 Å². The summed E-state index contributed by atoms with van der Waals surface area (Å²) < 4.78 is 4.52. The van der Waals surface area contributed by atoms with Gasteiger partial charge in [0.1, 0.15) is 10.0 Å². The van der Waals surface area contributed by atoms with Crippen molar-refractivity contribution in [3.8, 4) is 0 Å². The zero-order valence-corrected chi connectivity index (χ0v) is 9.39. The molecule has 0 saturated carbocycles. The van der Waals surface area contributed by atoms with Crippen LogP contribution in [0.3, 0.4) is 0 Å². The van der Waals surface area contributed by atoms with Crippen molar-refractivity contribution in [2.45, 2.75) is 25.4 Å². The molecule has 0 aromatic carbocycles. The normalized spacial score (nSPS) is 20.1. The van der Waals surface area contributed by atoms with Crippen LogP contribution >= 0.6 is 23.1 Å². The SMILES string of the molecule is NC1CCN(Cc2nnsc2Cl)CC1. The predicted octanol–water partition coefficient (Wildman–Crippen LogP) is 1.11. The van der Waals surface area contributed by atoms with E-state index in [1.807, 2.05) is 0 Å². The largest absolute Gasteiger partial charge is 0.328 e. The number of aromatic nitrogens is 2. The lowest BCUT2D eigenvalue weighted by Crippen LogP contribution is -2.39. The second kappa shape index (κ2) is 4.53. The number of nitrogens with two attached hydrogens (primary N) is 1. The van der Waals surface area contributed by atoms with Gasteiger partial charge in [-0.15, -0.1) is 5.10 Å². The number of hydrogen-bond donors (Lipinski definition) is 1. The average Bonchev–Trinajstić information content (AvgIpc) is 2.56. The summed E-state index contributed by atoms with van der Waals surface area (Å²) >= 11 is 7.18. The third-order valence-corrected chi connectivity index (χ3v) is 3.50. The molecule has 2 heterocycles. The molecule has 0 aliphatic carbocycles. The Hall–Kier alpha value is -0.230. The lowest BCUT2D eigenvalue weighted by molar-refractivity contribution is 0.203. The summed E-state index contributed by atoms with van der Waals surface area (Å²) in [7, 11) is 0. The molecule has 0 radical (unpaired) electrons. The van der Waals surface area contributed by atoms with E-state index in [1.54, 1.807) is 0 Å². The fourth-order valence-electron chi connectivity index (χ4n) is 1.61. The maximum Gasteiger partial charge on any atom is 0.138 e. The van der Waals surface area contributed by atoms with Crippen LogP contribution in [-0.2, 0) is 6.54 Å². The average molecular weight is 233 g/mol. The summed E-state index contributed by atoms with van der Waals surface area (Å²) in [5.41, 5.74) is 6.72. The van der Waals surface area contributed by atoms with E-state index in [4.69, 9.17) is 17.3 Å². The number of hydrogen-bond acceptors (Lipinski definition) is 5. The molecule has 1 fully saturated rings. The van der Waals surface area contributed by atoms with Crippen molar-refractivity contribution in [3.63, 3.8) is 0 Å². The fraction of sp³-hybridized carbons (Fsp3) is 0.750. The van der Waals surface area contributed by atoms with Gasteiger partial charge >= 0.3 is 0 Å².